The number of nitrogens with zero attached hydrogens (tertiary/aromatic N) is 19. The molecule has 3 atom stereocenters. The Morgan fingerprint density at radius 2 is 0.835 bits per heavy atom. The minimum absolute atomic E-state index is 0. The zero-order valence-corrected chi connectivity index (χ0v) is 71.1. The van der Waals surface area contributed by atoms with Gasteiger partial charge < -0.3 is 29.6 Å². The van der Waals surface area contributed by atoms with Crippen LogP contribution in [0.1, 0.15) is 131 Å². The average molecular weight is 1740 g/mol. The van der Waals surface area contributed by atoms with E-state index in [1.165, 1.54) is 71.9 Å². The van der Waals surface area contributed by atoms with Crippen LogP contribution in [0.5, 0.6) is 0 Å². The van der Waals surface area contributed by atoms with Gasteiger partial charge in [-0.25, -0.2) is 64.4 Å². The highest BCUT2D eigenvalue weighted by atomic mass is 79.9. The van der Waals surface area contributed by atoms with Crippen molar-refractivity contribution in [2.75, 3.05) is 19.6 Å². The molecule has 2 amide bonds. The van der Waals surface area contributed by atoms with Crippen LogP contribution in [0.2, 0.25) is 0 Å². The first kappa shape index (κ1) is 84.7. The number of nitrogens with one attached hydrogen (secondary N) is 2. The number of rotatable bonds is 8. The second kappa shape index (κ2) is 32.8. The molecule has 0 aliphatic carbocycles. The van der Waals surface area contributed by atoms with Crippen LogP contribution in [0.4, 0.5) is 35.9 Å². The number of hydrogen-bond acceptors (Lipinski definition) is 14. The van der Waals surface area contributed by atoms with Crippen molar-refractivity contribution in [3.05, 3.63) is 268 Å². The smallest absolute Gasteiger partial charge is 0.410 e. The number of carbonyl (C=O) groups is 2. The Morgan fingerprint density at radius 3 is 1.21 bits per heavy atom. The van der Waals surface area contributed by atoms with Crippen molar-refractivity contribution in [1.82, 2.24) is 102 Å². The van der Waals surface area contributed by atoms with Crippen molar-refractivity contribution < 1.29 is 45.4 Å². The van der Waals surface area contributed by atoms with Crippen molar-refractivity contribution in [3.8, 4) is 45.9 Å². The number of halogens is 8. The van der Waals surface area contributed by atoms with Crippen LogP contribution < -0.4 is 22.4 Å². The Morgan fingerprint density at radius 1 is 0.471 bits per heavy atom. The van der Waals surface area contributed by atoms with E-state index in [4.69, 9.17) is 24.8 Å². The minimum Gasteiger partial charge on any atom is -0.444 e. The Kier molecular flexibility index (Phi) is 22.9. The van der Waals surface area contributed by atoms with Crippen molar-refractivity contribution >= 4 is 73.2 Å². The van der Waals surface area contributed by atoms with Gasteiger partial charge >= 0.3 is 29.3 Å². The van der Waals surface area contributed by atoms with Crippen LogP contribution >= 0.6 is 28.3 Å². The third-order valence-corrected chi connectivity index (χ3v) is 22.1. The monoisotopic (exact) mass is 1740 g/mol. The number of benzene rings is 6. The molecule has 0 bridgehead atoms. The second-order valence-corrected chi connectivity index (χ2v) is 32.6. The number of H-pyrrole nitrogens is 1. The first-order chi connectivity index (χ1) is 57.0. The normalized spacial score (nSPS) is 15.1. The average Bonchev–Trinajstić information content (AvgIpc) is 1.58. The molecule has 28 nitrogen and oxygen atoms in total. The molecule has 9 aromatic heterocycles. The summed E-state index contributed by atoms with van der Waals surface area (Å²) in [7, 11) is 5.24. The fraction of sp³-hybridized carbons (Fsp3) is 0.306. The third-order valence-electron chi connectivity index (χ3n) is 21.4. The van der Waals surface area contributed by atoms with E-state index in [0.717, 1.165) is 34.6 Å². The van der Waals surface area contributed by atoms with E-state index in [1.54, 1.807) is 192 Å². The Labute approximate surface area is 702 Å². The molecule has 0 radical (unpaired) electrons. The van der Waals surface area contributed by atoms with Crippen molar-refractivity contribution in [2.24, 2.45) is 21.1 Å². The predicted molar refractivity (Wildman–Crippen MR) is 449 cm³/mol. The van der Waals surface area contributed by atoms with Gasteiger partial charge in [0.2, 0.25) is 0 Å². The minimum atomic E-state index is -0.691. The van der Waals surface area contributed by atoms with Gasteiger partial charge in [0.1, 0.15) is 51.9 Å². The van der Waals surface area contributed by atoms with E-state index in [2.05, 4.69) is 41.5 Å². The molecule has 0 spiro atoms. The van der Waals surface area contributed by atoms with E-state index < -0.39 is 52.4 Å². The number of aromatic amines is 1. The molecule has 0 unspecified atom stereocenters. The molecule has 3 aliphatic heterocycles. The summed E-state index contributed by atoms with van der Waals surface area (Å²) in [5.41, 5.74) is 7.46. The Hall–Kier alpha value is -12.8. The lowest BCUT2D eigenvalue weighted by Gasteiger charge is -2.34. The number of fused-ring (bicyclic) bond motifs is 6. The van der Waals surface area contributed by atoms with Gasteiger partial charge in [-0.1, -0.05) is 0 Å². The van der Waals surface area contributed by atoms with Gasteiger partial charge in [0.15, 0.2) is 11.6 Å². The summed E-state index contributed by atoms with van der Waals surface area (Å²) in [4.78, 5) is 72.1. The molecule has 15 aromatic rings. The van der Waals surface area contributed by atoms with Crippen molar-refractivity contribution in [2.45, 2.75) is 132 Å². The third kappa shape index (κ3) is 15.8. The maximum atomic E-state index is 15.6. The fourth-order valence-electron chi connectivity index (χ4n) is 15.4. The van der Waals surface area contributed by atoms with Gasteiger partial charge in [-0.05, 0) is 207 Å². The van der Waals surface area contributed by atoms with E-state index in [9.17, 15) is 41.5 Å². The summed E-state index contributed by atoms with van der Waals surface area (Å²) in [6.07, 6.45) is 14.5. The second-order valence-electron chi connectivity index (χ2n) is 31.8. The topological polar surface area (TPSA) is 270 Å². The highest BCUT2D eigenvalue weighted by Crippen LogP contribution is 2.40. The zero-order valence-electron chi connectivity index (χ0n) is 68.7. The SMILES string of the molecule is Cc1cc(-n2nc3c(c2-n2cc[nH]c2=O)[C@H](C)N(C(=O)OC(C)(C)C)CC3)ccc1F.Cc1cc(-n2nc3c(c2-n2ccn(-c4ccc5c(cnn5C)c4F)c2=O)[C@H](C)N(C(=O)OC(C)(C)C)CC3)ccc1F.Cc1cc(-n2nc3c(c2-n2ccn(-c4ccc5c(cnn5C)c4F)c2=O)[C@H](C)NCC3)ccc1F.Cl.Cn1ncc2c(F)c(Br)ccc21. The van der Waals surface area contributed by atoms with Crippen LogP contribution in [0.25, 0.3) is 78.6 Å². The summed E-state index contributed by atoms with van der Waals surface area (Å²) >= 11 is 3.11. The number of carbonyl (C=O) groups excluding carboxylic acids is 2. The van der Waals surface area contributed by atoms with Gasteiger partial charge in [0, 0.05) is 120 Å². The Balaban J connectivity index is 0.000000139. The zero-order chi connectivity index (χ0) is 85.7. The van der Waals surface area contributed by atoms with Crippen LogP contribution in [-0.4, -0.2) is 139 Å². The summed E-state index contributed by atoms with van der Waals surface area (Å²) in [6, 6.07) is 23.1. The van der Waals surface area contributed by atoms with Gasteiger partial charge in [0.05, 0.1) is 113 Å². The summed E-state index contributed by atoms with van der Waals surface area (Å²) < 4.78 is 115. The summed E-state index contributed by atoms with van der Waals surface area (Å²) in [5.74, 6) is -0.886. The quantitative estimate of drug-likeness (QED) is 0.134. The first-order valence-electron chi connectivity index (χ1n) is 38.7. The van der Waals surface area contributed by atoms with Crippen molar-refractivity contribution in [1.29, 1.82) is 0 Å². The predicted octanol–water partition coefficient (Wildman–Crippen LogP) is 15.2. The van der Waals surface area contributed by atoms with Crippen LogP contribution in [0.15, 0.2) is 166 Å². The molecule has 121 heavy (non-hydrogen) atoms. The fourth-order valence-corrected chi connectivity index (χ4v) is 15.7. The van der Waals surface area contributed by atoms with Crippen molar-refractivity contribution in [3.63, 3.8) is 0 Å². The number of ether oxygens (including phenoxy) is 2. The number of aromatic nitrogens is 18. The van der Waals surface area contributed by atoms with E-state index in [1.807, 2.05) is 47.6 Å². The molecule has 0 saturated heterocycles. The van der Waals surface area contributed by atoms with Gasteiger partial charge in [0.25, 0.3) is 0 Å². The number of hydrogen-bond donors (Lipinski definition) is 2. The highest BCUT2D eigenvalue weighted by molar-refractivity contribution is 9.10. The molecule has 0 saturated carbocycles. The first-order valence-corrected chi connectivity index (χ1v) is 39.5. The standard InChI is InChI=1S/C30H31F2N7O3.C25H23F2N7O.C22H26FN5O3.C8H6BrFN2.ClH/c1-17-15-19(7-8-21(17)31)39-27(25-18(2)36(12-11-22(25)34-39)29(41)42-30(3,4)5)38-14-13-37(28(38)40)24-10-9-23-20(26(24)32)16-33-35(23)6;1-14-12-16(4-5-18(14)26)34-24(22-15(2)28-9-8-19(22)30-34)33-11-10-32(25(33)35)21-7-6-20-17(23(21)27)13-29-31(20)3;1-13-12-15(6-7-16(13)23)28-19(27-11-9-24-20(27)29)18-14(2)26(10-8-17(18)25-28)21(30)31-22(3,4)5;1-12-7-3-2-6(9)8(10)5(7)4-11-12;/h7-10,13-16,18H,11-12H2,1-6H3;4-7,10-13,15,28H,8-9H2,1-3H3;6-7,9,11-12,14H,8,10H2,1-5H3,(H,24,29);2-4H,1H3;1H/t18-;15-;14-;;/m000../s1. The van der Waals surface area contributed by atoms with E-state index >= 15 is 8.78 Å². The molecular formula is C85H87BrClF6N21O7. The molecule has 6 aromatic carbocycles. The highest BCUT2D eigenvalue weighted by Gasteiger charge is 2.40. The maximum Gasteiger partial charge on any atom is 0.410 e. The molecule has 0 fully saturated rings. The molecule has 12 heterocycles. The lowest BCUT2D eigenvalue weighted by molar-refractivity contribution is 0.0148. The number of aryl methyl sites for hydroxylation is 6. The van der Waals surface area contributed by atoms with Crippen LogP contribution in [0, 0.1) is 55.7 Å². The molecular weight excluding hydrogens is 1660 g/mol. The largest absolute Gasteiger partial charge is 0.444 e. The molecule has 3 aliphatic rings. The molecule has 2 N–H and O–H groups in total. The molecule has 18 rings (SSSR count). The van der Waals surface area contributed by atoms with Gasteiger partial charge in [-0.2, -0.15) is 30.6 Å². The lowest BCUT2D eigenvalue weighted by atomic mass is 10.00. The van der Waals surface area contributed by atoms with Crippen LogP contribution in [0.3, 0.4) is 0 Å². The number of imidazole rings is 3. The van der Waals surface area contributed by atoms with Gasteiger partial charge in [-0.15, -0.1) is 12.4 Å². The summed E-state index contributed by atoms with van der Waals surface area (Å²) in [6.45, 7) is 23.2. The van der Waals surface area contributed by atoms with E-state index in [-0.39, 0.29) is 64.8 Å². The lowest BCUT2D eigenvalue weighted by Crippen LogP contribution is -2.42. The Bertz CT molecular complexity index is 6760. The summed E-state index contributed by atoms with van der Waals surface area (Å²) in [5, 5.41) is 31.2. The van der Waals surface area contributed by atoms with Crippen LogP contribution in [-0.2, 0) is 49.9 Å². The van der Waals surface area contributed by atoms with E-state index in [0.29, 0.717) is 126 Å². The van der Waals surface area contributed by atoms with Gasteiger partial charge in [-0.3, -0.25) is 36.9 Å². The molecule has 36 heteroatoms. The number of amides is 2. The maximum absolute atomic E-state index is 15.6. The molecule has 630 valence electrons.